The molecule has 0 radical (unpaired) electrons. The maximum absolute atomic E-state index is 12.0. The van der Waals surface area contributed by atoms with E-state index in [9.17, 15) is 4.79 Å². The molecule has 0 aliphatic rings. The van der Waals surface area contributed by atoms with E-state index in [-0.39, 0.29) is 0 Å². The van der Waals surface area contributed by atoms with Crippen molar-refractivity contribution in [3.8, 4) is 0 Å². The van der Waals surface area contributed by atoms with Crippen molar-refractivity contribution in [3.05, 3.63) is 70.1 Å². The molecule has 21 heavy (non-hydrogen) atoms. The first-order chi connectivity index (χ1) is 10.1. The van der Waals surface area contributed by atoms with Crippen LogP contribution in [-0.2, 0) is 0 Å². The highest BCUT2D eigenvalue weighted by atomic mass is 32.1. The largest absolute Gasteiger partial charge is 0.422 e. The molecule has 1 aromatic heterocycles. The lowest BCUT2D eigenvalue weighted by molar-refractivity contribution is 0.556. The van der Waals surface area contributed by atoms with E-state index in [1.165, 1.54) is 6.21 Å². The van der Waals surface area contributed by atoms with Crippen LogP contribution < -0.4 is 5.63 Å². The second-order valence-electron chi connectivity index (χ2n) is 4.74. The number of hydrogen-bond acceptors (Lipinski definition) is 4. The molecule has 3 nitrogen and oxygen atoms in total. The zero-order valence-corrected chi connectivity index (χ0v) is 12.3. The van der Waals surface area contributed by atoms with Crippen molar-refractivity contribution in [2.45, 2.75) is 11.8 Å². The average molecular weight is 295 g/mol. The van der Waals surface area contributed by atoms with Crippen molar-refractivity contribution in [2.24, 2.45) is 4.99 Å². The number of hydrogen-bond donors (Lipinski definition) is 1. The molecule has 0 amide bonds. The number of aliphatic imine (C=N–C) groups is 1. The topological polar surface area (TPSA) is 42.6 Å². The Morgan fingerprint density at radius 3 is 2.57 bits per heavy atom. The van der Waals surface area contributed by atoms with Gasteiger partial charge in [-0.25, -0.2) is 4.79 Å². The van der Waals surface area contributed by atoms with E-state index in [0.717, 1.165) is 16.6 Å². The molecule has 0 bridgehead atoms. The highest BCUT2D eigenvalue weighted by Crippen LogP contribution is 2.22. The lowest BCUT2D eigenvalue weighted by Gasteiger charge is -2.02. The third-order valence-corrected chi connectivity index (χ3v) is 3.68. The predicted molar refractivity (Wildman–Crippen MR) is 88.2 cm³/mol. The molecule has 0 aliphatic carbocycles. The quantitative estimate of drug-likeness (QED) is 0.438. The summed E-state index contributed by atoms with van der Waals surface area (Å²) in [4.78, 5) is 16.9. The second-order valence-corrected chi connectivity index (χ2v) is 5.19. The van der Waals surface area contributed by atoms with Gasteiger partial charge in [0.25, 0.3) is 0 Å². The average Bonchev–Trinajstić information content (AvgIpc) is 2.49. The fourth-order valence-corrected chi connectivity index (χ4v) is 2.37. The Morgan fingerprint density at radius 2 is 1.81 bits per heavy atom. The van der Waals surface area contributed by atoms with E-state index in [1.54, 1.807) is 6.07 Å². The molecule has 0 spiro atoms. The van der Waals surface area contributed by atoms with Crippen molar-refractivity contribution in [1.82, 2.24) is 0 Å². The zero-order chi connectivity index (χ0) is 14.8. The number of fused-ring (bicyclic) bond motifs is 1. The van der Waals surface area contributed by atoms with E-state index in [1.807, 2.05) is 49.4 Å². The van der Waals surface area contributed by atoms with Gasteiger partial charge < -0.3 is 4.42 Å². The standard InChI is InChI=1S/C17H13NO2S/c1-11-6-8-12(9-7-11)18-10-14-16(21)13-4-2-3-5-15(13)20-17(14)19/h2-10,21H,1H3. The van der Waals surface area contributed by atoms with Gasteiger partial charge in [0.15, 0.2) is 0 Å². The summed E-state index contributed by atoms with van der Waals surface area (Å²) in [6.07, 6.45) is 1.51. The van der Waals surface area contributed by atoms with Gasteiger partial charge in [-0.2, -0.15) is 0 Å². The van der Waals surface area contributed by atoms with Crippen LogP contribution >= 0.6 is 12.6 Å². The lowest BCUT2D eigenvalue weighted by Crippen LogP contribution is -2.08. The maximum atomic E-state index is 12.0. The summed E-state index contributed by atoms with van der Waals surface area (Å²) in [6.45, 7) is 2.01. The van der Waals surface area contributed by atoms with Crippen LogP contribution in [0.1, 0.15) is 11.1 Å². The first-order valence-electron chi connectivity index (χ1n) is 6.51. The van der Waals surface area contributed by atoms with Crippen LogP contribution in [0.15, 0.2) is 67.6 Å². The van der Waals surface area contributed by atoms with E-state index in [4.69, 9.17) is 4.42 Å². The summed E-state index contributed by atoms with van der Waals surface area (Å²) in [7, 11) is 0. The molecule has 0 atom stereocenters. The second kappa shape index (κ2) is 5.58. The fourth-order valence-electron chi connectivity index (χ4n) is 2.03. The molecule has 3 rings (SSSR count). The minimum atomic E-state index is -0.436. The Hall–Kier alpha value is -2.33. The Bertz CT molecular complexity index is 879. The van der Waals surface area contributed by atoms with E-state index in [2.05, 4.69) is 17.6 Å². The van der Waals surface area contributed by atoms with Crippen LogP contribution in [0.5, 0.6) is 0 Å². The molecule has 4 heteroatoms. The summed E-state index contributed by atoms with van der Waals surface area (Å²) in [5.74, 6) is 0. The molecule has 0 saturated heterocycles. The molecule has 0 unspecified atom stereocenters. The number of aryl methyl sites for hydroxylation is 1. The molecular weight excluding hydrogens is 282 g/mol. The Morgan fingerprint density at radius 1 is 1.10 bits per heavy atom. The third kappa shape index (κ3) is 2.76. The Labute approximate surface area is 127 Å². The molecule has 2 aromatic carbocycles. The van der Waals surface area contributed by atoms with Gasteiger partial charge in [-0.15, -0.1) is 12.6 Å². The van der Waals surface area contributed by atoms with Gasteiger partial charge in [0.2, 0.25) is 0 Å². The Kier molecular flexibility index (Phi) is 3.62. The van der Waals surface area contributed by atoms with Crippen LogP contribution in [0.3, 0.4) is 0 Å². The zero-order valence-electron chi connectivity index (χ0n) is 11.4. The third-order valence-electron chi connectivity index (χ3n) is 3.20. The normalized spacial score (nSPS) is 11.3. The van der Waals surface area contributed by atoms with Crippen molar-refractivity contribution in [2.75, 3.05) is 0 Å². The van der Waals surface area contributed by atoms with Gasteiger partial charge in [-0.3, -0.25) is 4.99 Å². The van der Waals surface area contributed by atoms with Gasteiger partial charge >= 0.3 is 5.63 Å². The van der Waals surface area contributed by atoms with Crippen molar-refractivity contribution in [1.29, 1.82) is 0 Å². The van der Waals surface area contributed by atoms with Crippen LogP contribution in [0.2, 0.25) is 0 Å². The SMILES string of the molecule is Cc1ccc(N=Cc2c(S)c3ccccc3oc2=O)cc1. The number of thiol groups is 1. The van der Waals surface area contributed by atoms with Crippen LogP contribution in [0.25, 0.3) is 11.0 Å². The smallest absolute Gasteiger partial charge is 0.346 e. The van der Waals surface area contributed by atoms with Gasteiger partial charge in [-0.05, 0) is 25.1 Å². The van der Waals surface area contributed by atoms with E-state index < -0.39 is 5.63 Å². The monoisotopic (exact) mass is 295 g/mol. The minimum absolute atomic E-state index is 0.359. The highest BCUT2D eigenvalue weighted by Gasteiger charge is 2.09. The summed E-state index contributed by atoms with van der Waals surface area (Å²) >= 11 is 4.45. The molecule has 0 aliphatic heterocycles. The first-order valence-corrected chi connectivity index (χ1v) is 6.95. The van der Waals surface area contributed by atoms with Crippen LogP contribution in [-0.4, -0.2) is 6.21 Å². The fraction of sp³-hybridized carbons (Fsp3) is 0.0588. The first kappa shape index (κ1) is 13.6. The number of para-hydroxylation sites is 1. The van der Waals surface area contributed by atoms with Crippen molar-refractivity contribution >= 4 is 35.5 Å². The van der Waals surface area contributed by atoms with Gasteiger partial charge in [0.1, 0.15) is 5.58 Å². The van der Waals surface area contributed by atoms with Crippen molar-refractivity contribution < 1.29 is 4.42 Å². The number of nitrogens with zero attached hydrogens (tertiary/aromatic N) is 1. The maximum Gasteiger partial charge on any atom is 0.346 e. The van der Waals surface area contributed by atoms with Gasteiger partial charge in [0.05, 0.1) is 11.3 Å². The summed E-state index contributed by atoms with van der Waals surface area (Å²) in [5, 5.41) is 0.797. The molecule has 0 saturated carbocycles. The van der Waals surface area contributed by atoms with E-state index >= 15 is 0 Å². The molecule has 104 valence electrons. The molecule has 1 heterocycles. The van der Waals surface area contributed by atoms with Crippen LogP contribution in [0, 0.1) is 6.92 Å². The Balaban J connectivity index is 2.08. The minimum Gasteiger partial charge on any atom is -0.422 e. The van der Waals surface area contributed by atoms with Crippen molar-refractivity contribution in [3.63, 3.8) is 0 Å². The summed E-state index contributed by atoms with van der Waals surface area (Å²) in [6, 6.07) is 15.0. The van der Waals surface area contributed by atoms with Gasteiger partial charge in [0, 0.05) is 16.5 Å². The van der Waals surface area contributed by atoms with E-state index in [0.29, 0.717) is 16.0 Å². The molecule has 0 N–H and O–H groups in total. The summed E-state index contributed by atoms with van der Waals surface area (Å²) in [5.41, 5.74) is 2.39. The lowest BCUT2D eigenvalue weighted by atomic mass is 10.2. The highest BCUT2D eigenvalue weighted by molar-refractivity contribution is 7.80. The number of benzene rings is 2. The molecular formula is C17H13NO2S. The molecule has 0 fully saturated rings. The van der Waals surface area contributed by atoms with Gasteiger partial charge in [-0.1, -0.05) is 35.9 Å². The van der Waals surface area contributed by atoms with Crippen LogP contribution in [0.4, 0.5) is 5.69 Å². The number of rotatable bonds is 2. The molecule has 3 aromatic rings. The predicted octanol–water partition coefficient (Wildman–Crippen LogP) is 4.14. The summed E-state index contributed by atoms with van der Waals surface area (Å²) < 4.78 is 5.29.